The maximum absolute atomic E-state index is 14.0. The van der Waals surface area contributed by atoms with Gasteiger partial charge in [0.1, 0.15) is 6.04 Å². The van der Waals surface area contributed by atoms with Crippen LogP contribution in [0, 0.1) is 24.5 Å². The summed E-state index contributed by atoms with van der Waals surface area (Å²) >= 11 is 0. The van der Waals surface area contributed by atoms with E-state index in [0.29, 0.717) is 38.4 Å². The molecule has 1 fully saturated rings. The lowest BCUT2D eigenvalue weighted by Crippen LogP contribution is -2.36. The van der Waals surface area contributed by atoms with Crippen LogP contribution < -0.4 is 15.6 Å². The molecule has 40 heavy (non-hydrogen) atoms. The van der Waals surface area contributed by atoms with Gasteiger partial charge in [-0.2, -0.15) is 10.2 Å². The number of hydrogen-bond acceptors (Lipinski definition) is 8. The summed E-state index contributed by atoms with van der Waals surface area (Å²) in [6.07, 6.45) is 3.46. The van der Waals surface area contributed by atoms with Crippen LogP contribution in [0.25, 0.3) is 0 Å². The lowest BCUT2D eigenvalue weighted by molar-refractivity contribution is -0.141. The van der Waals surface area contributed by atoms with Crippen molar-refractivity contribution in [2.24, 2.45) is 5.92 Å². The van der Waals surface area contributed by atoms with Gasteiger partial charge in [-0.05, 0) is 44.2 Å². The Morgan fingerprint density at radius 1 is 1.20 bits per heavy atom. The molecular weight excluding hydrogens is 528 g/mol. The Hall–Kier alpha value is -4.13. The van der Waals surface area contributed by atoms with Crippen LogP contribution in [0.15, 0.2) is 41.3 Å². The number of nitrogens with one attached hydrogen (secondary N) is 1. The first kappa shape index (κ1) is 28.9. The van der Waals surface area contributed by atoms with E-state index in [1.807, 2.05) is 6.92 Å². The minimum absolute atomic E-state index is 0.113. The van der Waals surface area contributed by atoms with E-state index in [-0.39, 0.29) is 24.2 Å². The molecule has 2 aromatic heterocycles. The van der Waals surface area contributed by atoms with E-state index in [9.17, 15) is 23.2 Å². The molecule has 3 aromatic rings. The average molecular weight is 560 g/mol. The average Bonchev–Trinajstić information content (AvgIpc) is 3.26. The van der Waals surface area contributed by atoms with Crippen LogP contribution in [0.1, 0.15) is 44.3 Å². The molecule has 11 nitrogen and oxygen atoms in total. The van der Waals surface area contributed by atoms with Crippen molar-refractivity contribution < 1.29 is 32.6 Å². The lowest BCUT2D eigenvalue weighted by Gasteiger charge is -2.26. The zero-order chi connectivity index (χ0) is 28.6. The molecule has 0 aliphatic carbocycles. The van der Waals surface area contributed by atoms with Gasteiger partial charge in [-0.25, -0.2) is 13.5 Å². The number of aromatic nitrogens is 4. The number of benzene rings is 1. The predicted molar refractivity (Wildman–Crippen MR) is 139 cm³/mol. The highest BCUT2D eigenvalue weighted by Gasteiger charge is 2.29. The minimum atomic E-state index is -0.982. The molecule has 1 amide bonds. The number of para-hydroxylation sites is 1. The SMILES string of the molecule is CC(=O)OCCCn1nc(NC(=O)C(CC2CCOCC2)n2ncc(Oc3c(F)cccc3F)cc2=O)cc1C. The molecule has 0 bridgehead atoms. The number of anilines is 1. The fraction of sp³-hybridized carbons (Fsp3) is 0.444. The first-order valence-electron chi connectivity index (χ1n) is 13.0. The highest BCUT2D eigenvalue weighted by atomic mass is 19.1. The fourth-order valence-electron chi connectivity index (χ4n) is 4.44. The Labute approximate surface area is 229 Å². The normalized spacial score (nSPS) is 14.5. The number of amides is 1. The van der Waals surface area contributed by atoms with Crippen molar-refractivity contribution in [1.82, 2.24) is 19.6 Å². The molecule has 1 unspecified atom stereocenters. The summed E-state index contributed by atoms with van der Waals surface area (Å²) in [5.74, 6) is -3.11. The minimum Gasteiger partial charge on any atom is -0.466 e. The third-order valence-corrected chi connectivity index (χ3v) is 6.49. The second-order valence-corrected chi connectivity index (χ2v) is 9.51. The topological polar surface area (TPSA) is 127 Å². The molecule has 1 saturated heterocycles. The Morgan fingerprint density at radius 3 is 2.60 bits per heavy atom. The molecule has 214 valence electrons. The first-order chi connectivity index (χ1) is 19.2. The van der Waals surface area contributed by atoms with E-state index < -0.39 is 34.9 Å². The Morgan fingerprint density at radius 2 is 1.93 bits per heavy atom. The molecule has 1 N–H and O–H groups in total. The van der Waals surface area contributed by atoms with Crippen LogP contribution >= 0.6 is 0 Å². The number of halogens is 2. The Bertz CT molecular complexity index is 1380. The maximum atomic E-state index is 14.0. The van der Waals surface area contributed by atoms with Crippen molar-refractivity contribution in [3.63, 3.8) is 0 Å². The van der Waals surface area contributed by atoms with Gasteiger partial charge in [0.25, 0.3) is 11.5 Å². The predicted octanol–water partition coefficient (Wildman–Crippen LogP) is 3.77. The smallest absolute Gasteiger partial charge is 0.302 e. The molecule has 0 radical (unpaired) electrons. The zero-order valence-electron chi connectivity index (χ0n) is 22.3. The van der Waals surface area contributed by atoms with Gasteiger partial charge < -0.3 is 19.5 Å². The van der Waals surface area contributed by atoms with E-state index in [4.69, 9.17) is 14.2 Å². The maximum Gasteiger partial charge on any atom is 0.302 e. The molecule has 0 spiro atoms. The molecule has 1 aromatic carbocycles. The van der Waals surface area contributed by atoms with E-state index in [2.05, 4.69) is 15.5 Å². The van der Waals surface area contributed by atoms with Crippen LogP contribution in [-0.4, -0.2) is 51.3 Å². The lowest BCUT2D eigenvalue weighted by atomic mass is 9.92. The van der Waals surface area contributed by atoms with Crippen LogP contribution in [0.4, 0.5) is 14.6 Å². The summed E-state index contributed by atoms with van der Waals surface area (Å²) < 4.78 is 46.4. The molecular formula is C27H31F2N5O6. The van der Waals surface area contributed by atoms with Crippen molar-refractivity contribution in [3.8, 4) is 11.5 Å². The summed E-state index contributed by atoms with van der Waals surface area (Å²) in [4.78, 5) is 37.5. The number of carbonyl (C=O) groups excluding carboxylic acids is 2. The molecule has 1 aliphatic heterocycles. The van der Waals surface area contributed by atoms with Gasteiger partial charge in [0.2, 0.25) is 0 Å². The van der Waals surface area contributed by atoms with Gasteiger partial charge in [0.05, 0.1) is 12.8 Å². The van der Waals surface area contributed by atoms with Crippen LogP contribution in [0.3, 0.4) is 0 Å². The van der Waals surface area contributed by atoms with Crippen LogP contribution in [-0.2, 0) is 25.6 Å². The number of esters is 1. The number of rotatable bonds is 11. The van der Waals surface area contributed by atoms with Crippen molar-refractivity contribution in [3.05, 3.63) is 64.2 Å². The van der Waals surface area contributed by atoms with E-state index in [1.165, 1.54) is 13.0 Å². The highest BCUT2D eigenvalue weighted by Crippen LogP contribution is 2.28. The van der Waals surface area contributed by atoms with E-state index >= 15 is 0 Å². The summed E-state index contributed by atoms with van der Waals surface area (Å²) in [6, 6.07) is 5.01. The Balaban J connectivity index is 1.52. The van der Waals surface area contributed by atoms with Crippen molar-refractivity contribution in [2.75, 3.05) is 25.1 Å². The molecule has 3 heterocycles. The van der Waals surface area contributed by atoms with Crippen molar-refractivity contribution in [2.45, 2.75) is 52.1 Å². The third kappa shape index (κ3) is 7.50. The van der Waals surface area contributed by atoms with Crippen LogP contribution in [0.2, 0.25) is 0 Å². The van der Waals surface area contributed by atoms with E-state index in [1.54, 1.807) is 10.7 Å². The van der Waals surface area contributed by atoms with Crippen molar-refractivity contribution >= 4 is 17.7 Å². The van der Waals surface area contributed by atoms with Gasteiger partial charge >= 0.3 is 5.97 Å². The number of hydrogen-bond donors (Lipinski definition) is 1. The number of ether oxygens (including phenoxy) is 3. The second-order valence-electron chi connectivity index (χ2n) is 9.51. The molecule has 4 rings (SSSR count). The summed E-state index contributed by atoms with van der Waals surface area (Å²) in [5.41, 5.74) is 0.116. The summed E-state index contributed by atoms with van der Waals surface area (Å²) in [6.45, 7) is 5.01. The highest BCUT2D eigenvalue weighted by molar-refractivity contribution is 5.92. The Kier molecular flexibility index (Phi) is 9.59. The number of nitrogens with zero attached hydrogens (tertiary/aromatic N) is 4. The van der Waals surface area contributed by atoms with Crippen molar-refractivity contribution in [1.29, 1.82) is 0 Å². The quantitative estimate of drug-likeness (QED) is 0.278. The first-order valence-corrected chi connectivity index (χ1v) is 13.0. The fourth-order valence-corrected chi connectivity index (χ4v) is 4.44. The third-order valence-electron chi connectivity index (χ3n) is 6.49. The van der Waals surface area contributed by atoms with Gasteiger partial charge in [-0.15, -0.1) is 0 Å². The summed E-state index contributed by atoms with van der Waals surface area (Å²) in [7, 11) is 0. The molecule has 13 heteroatoms. The largest absolute Gasteiger partial charge is 0.466 e. The second kappa shape index (κ2) is 13.3. The number of aryl methyl sites for hydroxylation is 2. The van der Waals surface area contributed by atoms with Gasteiger partial charge in [-0.3, -0.25) is 19.1 Å². The summed E-state index contributed by atoms with van der Waals surface area (Å²) in [5, 5.41) is 11.3. The van der Waals surface area contributed by atoms with E-state index in [0.717, 1.165) is 47.6 Å². The van der Waals surface area contributed by atoms with Crippen LogP contribution in [0.5, 0.6) is 11.5 Å². The monoisotopic (exact) mass is 559 g/mol. The van der Waals surface area contributed by atoms with Gasteiger partial charge in [0, 0.05) is 50.9 Å². The standard InChI is InChI=1S/C27H31F2N5O6/c1-17-13-24(32-33(17)9-4-10-39-18(2)35)31-27(37)23(14-19-7-11-38-12-8-19)34-25(36)15-20(16-30-34)40-26-21(28)5-3-6-22(26)29/h3,5-6,13,15-16,19,23H,4,7-12,14H2,1-2H3,(H,31,32,37). The number of carbonyl (C=O) groups is 2. The molecule has 0 saturated carbocycles. The van der Waals surface area contributed by atoms with Gasteiger partial charge in [-0.1, -0.05) is 6.07 Å². The molecule has 1 atom stereocenters. The zero-order valence-corrected chi connectivity index (χ0v) is 22.3. The molecule has 1 aliphatic rings. The van der Waals surface area contributed by atoms with Gasteiger partial charge in [0.15, 0.2) is 29.0 Å².